The Morgan fingerprint density at radius 3 is 2.14 bits per heavy atom. The first kappa shape index (κ1) is 22.5. The molecule has 0 saturated carbocycles. The summed E-state index contributed by atoms with van der Waals surface area (Å²) in [5.41, 5.74) is 6.94. The number of rotatable bonds is 6. The summed E-state index contributed by atoms with van der Waals surface area (Å²) in [4.78, 5) is 14.0. The third-order valence-corrected chi connectivity index (χ3v) is 3.48. The van der Waals surface area contributed by atoms with Gasteiger partial charge in [0.25, 0.3) is 0 Å². The van der Waals surface area contributed by atoms with E-state index in [9.17, 15) is 4.79 Å². The highest BCUT2D eigenvalue weighted by molar-refractivity contribution is 5.85. The number of carbonyl (C=O) groups excluding carboxylic acids is 1. The molecule has 0 aliphatic heterocycles. The van der Waals surface area contributed by atoms with Crippen LogP contribution in [0, 0.1) is 5.92 Å². The van der Waals surface area contributed by atoms with E-state index in [0.717, 1.165) is 0 Å². The molecule has 0 radical (unpaired) electrons. The maximum Gasteiger partial charge on any atom is 0.224 e. The van der Waals surface area contributed by atoms with Gasteiger partial charge in [-0.3, -0.25) is 4.79 Å². The quantitative estimate of drug-likeness (QED) is 0.838. The summed E-state index contributed by atoms with van der Waals surface area (Å²) in [7, 11) is 4.03. The van der Waals surface area contributed by atoms with Gasteiger partial charge in [-0.25, -0.2) is 0 Å². The summed E-state index contributed by atoms with van der Waals surface area (Å²) >= 11 is 0. The van der Waals surface area contributed by atoms with Crippen molar-refractivity contribution in [2.24, 2.45) is 11.7 Å². The topological polar surface area (TPSA) is 58.4 Å². The molecule has 0 aliphatic rings. The molecule has 1 aromatic rings. The van der Waals surface area contributed by atoms with E-state index >= 15 is 0 Å². The minimum absolute atomic E-state index is 0. The number of hydrogen-bond donors (Lipinski definition) is 2. The van der Waals surface area contributed by atoms with Crippen LogP contribution in [0.3, 0.4) is 0 Å². The number of hydrogen-bond acceptors (Lipinski definition) is 3. The van der Waals surface area contributed by atoms with E-state index in [1.54, 1.807) is 0 Å². The fourth-order valence-corrected chi connectivity index (χ4v) is 1.87. The van der Waals surface area contributed by atoms with E-state index in [1.807, 2.05) is 46.1 Å². The Labute approximate surface area is 140 Å². The Balaban J connectivity index is 0. The zero-order chi connectivity index (χ0) is 14.4. The normalized spacial score (nSPS) is 14.4. The molecular weight excluding hydrogens is 309 g/mol. The number of benzene rings is 1. The molecule has 0 aliphatic carbocycles. The van der Waals surface area contributed by atoms with Crippen molar-refractivity contribution in [1.29, 1.82) is 0 Å². The fourth-order valence-electron chi connectivity index (χ4n) is 1.87. The Morgan fingerprint density at radius 2 is 1.71 bits per heavy atom. The highest BCUT2D eigenvalue weighted by Crippen LogP contribution is 2.16. The second-order valence-corrected chi connectivity index (χ2v) is 5.28. The third-order valence-electron chi connectivity index (χ3n) is 3.48. The maximum atomic E-state index is 11.9. The van der Waals surface area contributed by atoms with E-state index in [-0.39, 0.29) is 48.7 Å². The lowest BCUT2D eigenvalue weighted by Crippen LogP contribution is -2.41. The lowest BCUT2D eigenvalue weighted by Gasteiger charge is -2.26. The summed E-state index contributed by atoms with van der Waals surface area (Å²) in [6.07, 6.45) is 0. The fraction of sp³-hybridized carbons (Fsp3) is 0.533. The molecule has 1 amide bonds. The highest BCUT2D eigenvalue weighted by Gasteiger charge is 2.19. The van der Waals surface area contributed by atoms with Gasteiger partial charge >= 0.3 is 0 Å². The monoisotopic (exact) mass is 335 g/mol. The van der Waals surface area contributed by atoms with Gasteiger partial charge in [-0.05, 0) is 26.6 Å². The number of nitrogens with zero attached hydrogens (tertiary/aromatic N) is 1. The Hall–Kier alpha value is -0.810. The second-order valence-electron chi connectivity index (χ2n) is 5.28. The van der Waals surface area contributed by atoms with E-state index in [1.165, 1.54) is 5.56 Å². The predicted octanol–water partition coefficient (Wildman–Crippen LogP) is 2.23. The molecule has 122 valence electrons. The van der Waals surface area contributed by atoms with Crippen LogP contribution < -0.4 is 11.1 Å². The number of nitrogens with two attached hydrogens (primary N) is 1. The Kier molecular flexibility index (Phi) is 11.6. The number of carbonyl (C=O) groups is 1. The molecule has 0 spiro atoms. The summed E-state index contributed by atoms with van der Waals surface area (Å²) in [5, 5.41) is 2.98. The zero-order valence-electron chi connectivity index (χ0n) is 13.1. The Bertz CT molecular complexity index is 399. The van der Waals surface area contributed by atoms with Crippen molar-refractivity contribution in [2.75, 3.05) is 20.6 Å². The molecule has 4 nitrogen and oxygen atoms in total. The molecule has 0 heterocycles. The van der Waals surface area contributed by atoms with Gasteiger partial charge in [-0.1, -0.05) is 37.3 Å². The van der Waals surface area contributed by atoms with Gasteiger partial charge in [0, 0.05) is 18.5 Å². The first-order valence-electron chi connectivity index (χ1n) is 6.68. The van der Waals surface area contributed by atoms with Gasteiger partial charge in [0.05, 0.1) is 6.04 Å². The molecule has 21 heavy (non-hydrogen) atoms. The summed E-state index contributed by atoms with van der Waals surface area (Å²) in [6.45, 7) is 4.30. The van der Waals surface area contributed by atoms with Crippen molar-refractivity contribution in [3.63, 3.8) is 0 Å². The number of amides is 1. The lowest BCUT2D eigenvalue weighted by atomic mass is 10.0. The van der Waals surface area contributed by atoms with E-state index in [4.69, 9.17) is 5.73 Å². The average molecular weight is 336 g/mol. The molecule has 0 aromatic heterocycles. The standard InChI is InChI=1S/C15H25N3O.2ClH/c1-11(12(2)16)15(19)17-10-14(18(3)4)13-8-6-5-7-9-13;;/h5-9,11-12,14H,10,16H2,1-4H3,(H,17,19);2*1H. The van der Waals surface area contributed by atoms with Crippen molar-refractivity contribution < 1.29 is 4.79 Å². The van der Waals surface area contributed by atoms with Crippen LogP contribution in [0.5, 0.6) is 0 Å². The van der Waals surface area contributed by atoms with Crippen LogP contribution >= 0.6 is 24.8 Å². The van der Waals surface area contributed by atoms with Gasteiger partial charge in [0.2, 0.25) is 5.91 Å². The number of halogens is 2. The van der Waals surface area contributed by atoms with Crippen molar-refractivity contribution in [3.05, 3.63) is 35.9 Å². The average Bonchev–Trinajstić information content (AvgIpc) is 2.38. The molecule has 0 bridgehead atoms. The molecule has 0 saturated heterocycles. The summed E-state index contributed by atoms with van der Waals surface area (Å²) < 4.78 is 0. The lowest BCUT2D eigenvalue weighted by molar-refractivity contribution is -0.125. The van der Waals surface area contributed by atoms with Gasteiger partial charge in [-0.2, -0.15) is 0 Å². The molecule has 3 unspecified atom stereocenters. The van der Waals surface area contributed by atoms with Crippen molar-refractivity contribution in [3.8, 4) is 0 Å². The van der Waals surface area contributed by atoms with Gasteiger partial charge in [0.15, 0.2) is 0 Å². The maximum absolute atomic E-state index is 11.9. The van der Waals surface area contributed by atoms with E-state index < -0.39 is 0 Å². The van der Waals surface area contributed by atoms with Crippen molar-refractivity contribution in [2.45, 2.75) is 25.9 Å². The van der Waals surface area contributed by atoms with Crippen LogP contribution in [-0.4, -0.2) is 37.5 Å². The molecule has 6 heteroatoms. The minimum atomic E-state index is -0.168. The summed E-state index contributed by atoms with van der Waals surface area (Å²) in [6, 6.07) is 10.2. The van der Waals surface area contributed by atoms with Crippen molar-refractivity contribution in [1.82, 2.24) is 10.2 Å². The van der Waals surface area contributed by atoms with Crippen LogP contribution in [0.1, 0.15) is 25.5 Å². The molecular formula is C15H27Cl2N3O. The first-order chi connectivity index (χ1) is 8.93. The molecule has 0 fully saturated rings. The largest absolute Gasteiger partial charge is 0.354 e. The van der Waals surface area contributed by atoms with E-state index in [2.05, 4.69) is 22.3 Å². The predicted molar refractivity (Wildman–Crippen MR) is 93.2 cm³/mol. The van der Waals surface area contributed by atoms with Gasteiger partial charge in [0.1, 0.15) is 0 Å². The van der Waals surface area contributed by atoms with Crippen molar-refractivity contribution >= 4 is 30.7 Å². The van der Waals surface area contributed by atoms with Crippen LogP contribution in [0.15, 0.2) is 30.3 Å². The highest BCUT2D eigenvalue weighted by atomic mass is 35.5. The molecule has 3 N–H and O–H groups in total. The molecule has 1 rings (SSSR count). The smallest absolute Gasteiger partial charge is 0.224 e. The van der Waals surface area contributed by atoms with Crippen LogP contribution in [0.2, 0.25) is 0 Å². The van der Waals surface area contributed by atoms with E-state index in [0.29, 0.717) is 6.54 Å². The van der Waals surface area contributed by atoms with Gasteiger partial charge in [-0.15, -0.1) is 24.8 Å². The first-order valence-corrected chi connectivity index (χ1v) is 6.68. The minimum Gasteiger partial charge on any atom is -0.354 e. The van der Waals surface area contributed by atoms with Crippen LogP contribution in [-0.2, 0) is 4.79 Å². The van der Waals surface area contributed by atoms with Gasteiger partial charge < -0.3 is 16.0 Å². The molecule has 1 aromatic carbocycles. The number of nitrogens with one attached hydrogen (secondary N) is 1. The van der Waals surface area contributed by atoms with Crippen LogP contribution in [0.25, 0.3) is 0 Å². The number of likely N-dealkylation sites (N-methyl/N-ethyl adjacent to an activating group) is 1. The second kappa shape index (κ2) is 10.9. The Morgan fingerprint density at radius 1 is 1.19 bits per heavy atom. The summed E-state index contributed by atoms with van der Waals surface area (Å²) in [5.74, 6) is -0.156. The third kappa shape index (κ3) is 7.14. The SMILES string of the molecule is CC(N)C(C)C(=O)NCC(c1ccccc1)N(C)C.Cl.Cl. The zero-order valence-corrected chi connectivity index (χ0v) is 14.7. The van der Waals surface area contributed by atoms with Crippen LogP contribution in [0.4, 0.5) is 0 Å². The molecule has 3 atom stereocenters.